The third-order valence-corrected chi connectivity index (χ3v) is 3.91. The van der Waals surface area contributed by atoms with E-state index in [9.17, 15) is 0 Å². The highest BCUT2D eigenvalue weighted by Gasteiger charge is 2.09. The normalized spacial score (nSPS) is 14.9. The van der Waals surface area contributed by atoms with E-state index in [1.807, 2.05) is 37.3 Å². The summed E-state index contributed by atoms with van der Waals surface area (Å²) < 4.78 is 10.8. The minimum atomic E-state index is 0.629. The average molecular weight is 343 g/mol. The maximum atomic E-state index is 5.45. The Morgan fingerprint density at radius 2 is 1.96 bits per heavy atom. The summed E-state index contributed by atoms with van der Waals surface area (Å²) in [5.41, 5.74) is 0.960. The largest absolute Gasteiger partial charge is 0.494 e. The molecule has 0 aliphatic carbocycles. The standard InChI is InChI=1S/C18H25N5O2/c1-2-25-16-5-3-15(4-6-16)21-17-7-8-19-18(22-17)20-9-10-23-11-13-24-14-12-23/h3-8H,2,9-14H2,1H3,(H2,19,20,21,22). The molecule has 0 amide bonds. The lowest BCUT2D eigenvalue weighted by Crippen LogP contribution is -2.39. The summed E-state index contributed by atoms with van der Waals surface area (Å²) in [5, 5.41) is 6.56. The van der Waals surface area contributed by atoms with Crippen molar-refractivity contribution in [3.63, 3.8) is 0 Å². The monoisotopic (exact) mass is 343 g/mol. The van der Waals surface area contributed by atoms with Gasteiger partial charge in [-0.3, -0.25) is 4.90 Å². The molecule has 25 heavy (non-hydrogen) atoms. The van der Waals surface area contributed by atoms with E-state index < -0.39 is 0 Å². The van der Waals surface area contributed by atoms with Crippen molar-refractivity contribution in [1.29, 1.82) is 0 Å². The SMILES string of the molecule is CCOc1ccc(Nc2ccnc(NCCN3CCOCC3)n2)cc1. The summed E-state index contributed by atoms with van der Waals surface area (Å²) in [6, 6.07) is 9.67. The number of hydrogen-bond acceptors (Lipinski definition) is 7. The molecule has 134 valence electrons. The van der Waals surface area contributed by atoms with Crippen molar-refractivity contribution in [3.8, 4) is 5.75 Å². The Hall–Kier alpha value is -2.38. The number of morpholine rings is 1. The van der Waals surface area contributed by atoms with Gasteiger partial charge in [0.05, 0.1) is 19.8 Å². The molecule has 7 nitrogen and oxygen atoms in total. The van der Waals surface area contributed by atoms with Gasteiger partial charge < -0.3 is 20.1 Å². The lowest BCUT2D eigenvalue weighted by Gasteiger charge is -2.26. The van der Waals surface area contributed by atoms with Crippen molar-refractivity contribution in [1.82, 2.24) is 14.9 Å². The summed E-state index contributed by atoms with van der Waals surface area (Å²) in [5.74, 6) is 2.25. The molecule has 1 saturated heterocycles. The predicted molar refractivity (Wildman–Crippen MR) is 98.7 cm³/mol. The van der Waals surface area contributed by atoms with Gasteiger partial charge in [-0.2, -0.15) is 4.98 Å². The molecule has 0 atom stereocenters. The van der Waals surface area contributed by atoms with Crippen molar-refractivity contribution >= 4 is 17.5 Å². The molecule has 2 heterocycles. The summed E-state index contributed by atoms with van der Waals surface area (Å²) >= 11 is 0. The summed E-state index contributed by atoms with van der Waals surface area (Å²) in [4.78, 5) is 11.2. The van der Waals surface area contributed by atoms with Gasteiger partial charge in [-0.15, -0.1) is 0 Å². The maximum absolute atomic E-state index is 5.45. The van der Waals surface area contributed by atoms with Crippen LogP contribution in [0, 0.1) is 0 Å². The second kappa shape index (κ2) is 9.19. The van der Waals surface area contributed by atoms with Gasteiger partial charge in [-0.05, 0) is 37.3 Å². The number of anilines is 3. The van der Waals surface area contributed by atoms with Crippen LogP contribution in [0.25, 0.3) is 0 Å². The first-order valence-corrected chi connectivity index (χ1v) is 8.70. The van der Waals surface area contributed by atoms with Gasteiger partial charge in [0.25, 0.3) is 0 Å². The van der Waals surface area contributed by atoms with Crippen molar-refractivity contribution in [2.45, 2.75) is 6.92 Å². The van der Waals surface area contributed by atoms with Gasteiger partial charge in [0.15, 0.2) is 0 Å². The van der Waals surface area contributed by atoms with Crippen molar-refractivity contribution in [2.75, 3.05) is 56.6 Å². The highest BCUT2D eigenvalue weighted by atomic mass is 16.5. The molecule has 1 aliphatic heterocycles. The quantitative estimate of drug-likeness (QED) is 0.762. The molecule has 0 radical (unpaired) electrons. The Morgan fingerprint density at radius 3 is 2.72 bits per heavy atom. The van der Waals surface area contributed by atoms with Crippen molar-refractivity contribution in [3.05, 3.63) is 36.5 Å². The maximum Gasteiger partial charge on any atom is 0.224 e. The number of nitrogens with zero attached hydrogens (tertiary/aromatic N) is 3. The Kier molecular flexibility index (Phi) is 6.42. The number of ether oxygens (including phenoxy) is 2. The van der Waals surface area contributed by atoms with Crippen LogP contribution in [-0.2, 0) is 4.74 Å². The molecule has 1 aliphatic rings. The number of aromatic nitrogens is 2. The molecular formula is C18H25N5O2. The zero-order chi connectivity index (χ0) is 17.3. The first-order valence-electron chi connectivity index (χ1n) is 8.70. The molecule has 7 heteroatoms. The Balaban J connectivity index is 1.50. The molecular weight excluding hydrogens is 318 g/mol. The fourth-order valence-corrected chi connectivity index (χ4v) is 2.61. The lowest BCUT2D eigenvalue weighted by molar-refractivity contribution is 0.0398. The Labute approximate surface area is 148 Å². The third kappa shape index (κ3) is 5.58. The molecule has 1 fully saturated rings. The van der Waals surface area contributed by atoms with Crippen LogP contribution in [0.3, 0.4) is 0 Å². The topological polar surface area (TPSA) is 71.5 Å². The van der Waals surface area contributed by atoms with Gasteiger partial charge in [0.2, 0.25) is 5.95 Å². The van der Waals surface area contributed by atoms with Gasteiger partial charge in [0, 0.05) is 38.1 Å². The number of rotatable bonds is 8. The minimum Gasteiger partial charge on any atom is -0.494 e. The molecule has 0 saturated carbocycles. The fraction of sp³-hybridized carbons (Fsp3) is 0.444. The van der Waals surface area contributed by atoms with Gasteiger partial charge in [-0.25, -0.2) is 4.98 Å². The first-order chi connectivity index (χ1) is 12.3. The van der Waals surface area contributed by atoms with E-state index in [1.165, 1.54) is 0 Å². The molecule has 1 aromatic heterocycles. The first kappa shape index (κ1) is 17.4. The van der Waals surface area contributed by atoms with E-state index in [0.717, 1.165) is 56.6 Å². The second-order valence-corrected chi connectivity index (χ2v) is 5.73. The van der Waals surface area contributed by atoms with Gasteiger partial charge in [0.1, 0.15) is 11.6 Å². The van der Waals surface area contributed by atoms with E-state index in [-0.39, 0.29) is 0 Å². The summed E-state index contributed by atoms with van der Waals surface area (Å²) in [7, 11) is 0. The Bertz CT molecular complexity index is 644. The van der Waals surface area contributed by atoms with E-state index in [2.05, 4.69) is 25.5 Å². The number of hydrogen-bond donors (Lipinski definition) is 2. The van der Waals surface area contributed by atoms with E-state index >= 15 is 0 Å². The molecule has 3 rings (SSSR count). The molecule has 2 N–H and O–H groups in total. The highest BCUT2D eigenvalue weighted by molar-refractivity contribution is 5.57. The molecule has 0 unspecified atom stereocenters. The van der Waals surface area contributed by atoms with E-state index in [1.54, 1.807) is 6.20 Å². The highest BCUT2D eigenvalue weighted by Crippen LogP contribution is 2.19. The van der Waals surface area contributed by atoms with Crippen LogP contribution < -0.4 is 15.4 Å². The summed E-state index contributed by atoms with van der Waals surface area (Å²) in [6.45, 7) is 8.02. The van der Waals surface area contributed by atoms with Crippen LogP contribution in [-0.4, -0.2) is 60.9 Å². The van der Waals surface area contributed by atoms with Crippen LogP contribution in [0.1, 0.15) is 6.92 Å². The summed E-state index contributed by atoms with van der Waals surface area (Å²) in [6.07, 6.45) is 1.75. The number of nitrogens with one attached hydrogen (secondary N) is 2. The van der Waals surface area contributed by atoms with Gasteiger partial charge >= 0.3 is 0 Å². The zero-order valence-electron chi connectivity index (χ0n) is 14.6. The third-order valence-electron chi connectivity index (χ3n) is 3.91. The van der Waals surface area contributed by atoms with Crippen LogP contribution in [0.5, 0.6) is 5.75 Å². The smallest absolute Gasteiger partial charge is 0.224 e. The zero-order valence-corrected chi connectivity index (χ0v) is 14.6. The lowest BCUT2D eigenvalue weighted by atomic mass is 10.3. The number of benzene rings is 1. The molecule has 2 aromatic rings. The molecule has 0 bridgehead atoms. The molecule has 1 aromatic carbocycles. The minimum absolute atomic E-state index is 0.629. The van der Waals surface area contributed by atoms with Crippen LogP contribution >= 0.6 is 0 Å². The van der Waals surface area contributed by atoms with Gasteiger partial charge in [-0.1, -0.05) is 0 Å². The van der Waals surface area contributed by atoms with Crippen molar-refractivity contribution < 1.29 is 9.47 Å². The van der Waals surface area contributed by atoms with Crippen molar-refractivity contribution in [2.24, 2.45) is 0 Å². The second-order valence-electron chi connectivity index (χ2n) is 5.73. The van der Waals surface area contributed by atoms with Crippen LogP contribution in [0.2, 0.25) is 0 Å². The van der Waals surface area contributed by atoms with E-state index in [0.29, 0.717) is 12.6 Å². The average Bonchev–Trinajstić information content (AvgIpc) is 2.65. The molecule has 0 spiro atoms. The fourth-order valence-electron chi connectivity index (χ4n) is 2.61. The Morgan fingerprint density at radius 1 is 1.16 bits per heavy atom. The van der Waals surface area contributed by atoms with Crippen LogP contribution in [0.15, 0.2) is 36.5 Å². The van der Waals surface area contributed by atoms with E-state index in [4.69, 9.17) is 9.47 Å². The predicted octanol–water partition coefficient (Wildman–Crippen LogP) is 2.36. The van der Waals surface area contributed by atoms with Crippen LogP contribution in [0.4, 0.5) is 17.5 Å².